The Morgan fingerprint density at radius 3 is 2.05 bits per heavy atom. The zero-order chi connectivity index (χ0) is 28.9. The number of carboxylic acids is 1. The molecule has 2 amide bonds. The van der Waals surface area contributed by atoms with E-state index in [4.69, 9.17) is 9.90 Å². The van der Waals surface area contributed by atoms with Gasteiger partial charge in [-0.05, 0) is 61.1 Å². The number of hydrogen-bond acceptors (Lipinski definition) is 5. The van der Waals surface area contributed by atoms with Crippen LogP contribution in [0.4, 0.5) is 24.5 Å². The van der Waals surface area contributed by atoms with E-state index in [1.807, 2.05) is 13.8 Å². The number of carboxylic acid groups (broad SMARTS) is 1. The maximum atomic E-state index is 13.0. The van der Waals surface area contributed by atoms with Gasteiger partial charge in [0.1, 0.15) is 4.90 Å². The SMILES string of the molecule is CC(=O)Nc1ccc(C)cc1S(=O)(=O)Nc1ccc(C2(C(=O)NCC(C)C)CC2)cc1.O=C(O)C(F)(F)F. The second-order valence-corrected chi connectivity index (χ2v) is 11.0. The van der Waals surface area contributed by atoms with Crippen molar-refractivity contribution in [3.8, 4) is 0 Å². The molecule has 1 aliphatic carbocycles. The van der Waals surface area contributed by atoms with Gasteiger partial charge in [-0.3, -0.25) is 14.3 Å². The molecule has 0 spiro atoms. The van der Waals surface area contributed by atoms with Crippen molar-refractivity contribution in [2.45, 2.75) is 57.0 Å². The van der Waals surface area contributed by atoms with Gasteiger partial charge >= 0.3 is 12.1 Å². The zero-order valence-corrected chi connectivity index (χ0v) is 22.1. The summed E-state index contributed by atoms with van der Waals surface area (Å²) >= 11 is 0. The molecule has 0 aliphatic heterocycles. The summed E-state index contributed by atoms with van der Waals surface area (Å²) in [6.07, 6.45) is -3.52. The highest BCUT2D eigenvalue weighted by Crippen LogP contribution is 2.48. The number of nitrogens with one attached hydrogen (secondary N) is 3. The Bertz CT molecular complexity index is 1290. The van der Waals surface area contributed by atoms with Crippen molar-refractivity contribution in [2.24, 2.45) is 5.92 Å². The first kappa shape index (κ1) is 30.6. The van der Waals surface area contributed by atoms with Gasteiger partial charge in [0.05, 0.1) is 11.1 Å². The van der Waals surface area contributed by atoms with Crippen molar-refractivity contribution in [1.29, 1.82) is 0 Å². The fraction of sp³-hybridized carbons (Fsp3) is 0.400. The molecular weight excluding hydrogens is 527 g/mol. The van der Waals surface area contributed by atoms with Crippen molar-refractivity contribution in [1.82, 2.24) is 5.32 Å². The maximum absolute atomic E-state index is 13.0. The van der Waals surface area contributed by atoms with E-state index in [1.165, 1.54) is 13.0 Å². The molecular formula is C25H30F3N3O6S. The minimum atomic E-state index is -5.08. The van der Waals surface area contributed by atoms with E-state index in [-0.39, 0.29) is 22.4 Å². The molecule has 0 radical (unpaired) electrons. The molecule has 4 N–H and O–H groups in total. The quantitative estimate of drug-likeness (QED) is 0.384. The van der Waals surface area contributed by atoms with E-state index in [1.54, 1.807) is 43.3 Å². The van der Waals surface area contributed by atoms with Crippen LogP contribution in [0.5, 0.6) is 0 Å². The number of halogens is 3. The summed E-state index contributed by atoms with van der Waals surface area (Å²) in [5.74, 6) is -2.71. The molecule has 1 aliphatic rings. The van der Waals surface area contributed by atoms with Crippen LogP contribution in [-0.4, -0.2) is 44.0 Å². The van der Waals surface area contributed by atoms with Crippen LogP contribution in [0.3, 0.4) is 0 Å². The molecule has 2 aromatic carbocycles. The summed E-state index contributed by atoms with van der Waals surface area (Å²) in [7, 11) is -3.92. The molecule has 0 aromatic heterocycles. The Labute approximate surface area is 218 Å². The zero-order valence-electron chi connectivity index (χ0n) is 21.3. The Hall–Kier alpha value is -3.61. The number of alkyl halides is 3. The largest absolute Gasteiger partial charge is 0.490 e. The van der Waals surface area contributed by atoms with Gasteiger partial charge in [-0.2, -0.15) is 13.2 Å². The van der Waals surface area contributed by atoms with Crippen molar-refractivity contribution in [2.75, 3.05) is 16.6 Å². The second kappa shape index (κ2) is 11.8. The van der Waals surface area contributed by atoms with Crippen LogP contribution in [0.15, 0.2) is 47.4 Å². The molecule has 38 heavy (non-hydrogen) atoms. The number of amides is 2. The Balaban J connectivity index is 0.000000638. The molecule has 0 saturated heterocycles. The highest BCUT2D eigenvalue weighted by Gasteiger charge is 2.51. The molecule has 2 aromatic rings. The van der Waals surface area contributed by atoms with Gasteiger partial charge in [0.25, 0.3) is 10.0 Å². The summed E-state index contributed by atoms with van der Waals surface area (Å²) in [4.78, 5) is 33.0. The van der Waals surface area contributed by atoms with Gasteiger partial charge in [-0.15, -0.1) is 0 Å². The van der Waals surface area contributed by atoms with Crippen LogP contribution in [0, 0.1) is 12.8 Å². The predicted molar refractivity (Wildman–Crippen MR) is 135 cm³/mol. The summed E-state index contributed by atoms with van der Waals surface area (Å²) in [5.41, 5.74) is 1.74. The number of aliphatic carboxylic acids is 1. The monoisotopic (exact) mass is 557 g/mol. The molecule has 1 saturated carbocycles. The van der Waals surface area contributed by atoms with Crippen molar-refractivity contribution < 1.29 is 41.1 Å². The van der Waals surface area contributed by atoms with Crippen LogP contribution in [0.25, 0.3) is 0 Å². The van der Waals surface area contributed by atoms with Gasteiger partial charge in [0, 0.05) is 19.2 Å². The maximum Gasteiger partial charge on any atom is 0.490 e. The first-order valence-corrected chi connectivity index (χ1v) is 13.1. The van der Waals surface area contributed by atoms with Crippen LogP contribution >= 0.6 is 0 Å². The van der Waals surface area contributed by atoms with E-state index in [9.17, 15) is 31.2 Å². The van der Waals surface area contributed by atoms with Crippen LogP contribution in [0.2, 0.25) is 0 Å². The van der Waals surface area contributed by atoms with Gasteiger partial charge in [0.2, 0.25) is 11.8 Å². The van der Waals surface area contributed by atoms with Crippen LogP contribution in [-0.2, 0) is 29.8 Å². The number of rotatable bonds is 8. The highest BCUT2D eigenvalue weighted by molar-refractivity contribution is 7.92. The van der Waals surface area contributed by atoms with E-state index in [0.717, 1.165) is 24.0 Å². The molecule has 0 heterocycles. The van der Waals surface area contributed by atoms with Crippen molar-refractivity contribution in [3.05, 3.63) is 53.6 Å². The third-order valence-electron chi connectivity index (χ3n) is 5.53. The molecule has 208 valence electrons. The number of benzene rings is 2. The first-order valence-electron chi connectivity index (χ1n) is 11.6. The van der Waals surface area contributed by atoms with Crippen LogP contribution < -0.4 is 15.4 Å². The minimum Gasteiger partial charge on any atom is -0.475 e. The number of aryl methyl sites for hydroxylation is 1. The van der Waals surface area contributed by atoms with E-state index >= 15 is 0 Å². The first-order chi connectivity index (χ1) is 17.5. The average molecular weight is 558 g/mol. The third kappa shape index (κ3) is 8.20. The molecule has 0 atom stereocenters. The minimum absolute atomic E-state index is 0.00139. The van der Waals surface area contributed by atoms with Gasteiger partial charge in [-0.1, -0.05) is 32.0 Å². The fourth-order valence-electron chi connectivity index (χ4n) is 3.45. The smallest absolute Gasteiger partial charge is 0.475 e. The number of carbonyl (C=O) groups is 3. The lowest BCUT2D eigenvalue weighted by Crippen LogP contribution is -2.36. The van der Waals surface area contributed by atoms with E-state index < -0.39 is 27.6 Å². The molecule has 1 fully saturated rings. The van der Waals surface area contributed by atoms with Gasteiger partial charge in [-0.25, -0.2) is 13.2 Å². The fourth-order valence-corrected chi connectivity index (χ4v) is 4.76. The summed E-state index contributed by atoms with van der Waals surface area (Å²) in [6, 6.07) is 11.7. The summed E-state index contributed by atoms with van der Waals surface area (Å²) in [5, 5.41) is 12.7. The van der Waals surface area contributed by atoms with E-state index in [2.05, 4.69) is 15.4 Å². The lowest BCUT2D eigenvalue weighted by atomic mass is 9.94. The highest BCUT2D eigenvalue weighted by atomic mass is 32.2. The molecule has 0 bridgehead atoms. The standard InChI is InChI=1S/C23H29N3O4S.C2HF3O2/c1-15(2)14-24-22(28)23(11-12-23)18-6-8-19(9-7-18)26-31(29,30)21-13-16(3)5-10-20(21)25-17(4)27;3-2(4,5)1(6)7/h5-10,13,15,26H,11-12,14H2,1-4H3,(H,24,28)(H,25,27);(H,6,7). The number of carbonyl (C=O) groups excluding carboxylic acids is 2. The molecule has 3 rings (SSSR count). The third-order valence-corrected chi connectivity index (χ3v) is 6.95. The summed E-state index contributed by atoms with van der Waals surface area (Å²) in [6.45, 7) is 7.84. The molecule has 9 nitrogen and oxygen atoms in total. The van der Waals surface area contributed by atoms with Crippen molar-refractivity contribution in [3.63, 3.8) is 0 Å². The molecule has 13 heteroatoms. The molecule has 0 unspecified atom stereocenters. The van der Waals surface area contributed by atoms with Crippen LogP contribution in [0.1, 0.15) is 44.7 Å². The number of anilines is 2. The Morgan fingerprint density at radius 1 is 1.05 bits per heavy atom. The predicted octanol–water partition coefficient (Wildman–Crippen LogP) is 4.19. The Morgan fingerprint density at radius 2 is 1.61 bits per heavy atom. The van der Waals surface area contributed by atoms with Crippen molar-refractivity contribution >= 4 is 39.2 Å². The lowest BCUT2D eigenvalue weighted by Gasteiger charge is -2.18. The van der Waals surface area contributed by atoms with Gasteiger partial charge in [0.15, 0.2) is 0 Å². The number of sulfonamides is 1. The van der Waals surface area contributed by atoms with Gasteiger partial charge < -0.3 is 15.7 Å². The average Bonchev–Trinajstić information content (AvgIpc) is 3.60. The normalized spacial score (nSPS) is 14.1. The topological polar surface area (TPSA) is 142 Å². The second-order valence-electron chi connectivity index (χ2n) is 9.35. The number of hydrogen-bond donors (Lipinski definition) is 4. The van der Waals surface area contributed by atoms with E-state index in [0.29, 0.717) is 18.2 Å². The summed E-state index contributed by atoms with van der Waals surface area (Å²) < 4.78 is 60.3. The lowest BCUT2D eigenvalue weighted by molar-refractivity contribution is -0.192. The Kier molecular flexibility index (Phi) is 9.54.